The van der Waals surface area contributed by atoms with E-state index in [2.05, 4.69) is 9.98 Å². The summed E-state index contributed by atoms with van der Waals surface area (Å²) in [6.07, 6.45) is 3.08. The van der Waals surface area contributed by atoms with Gasteiger partial charge in [-0.2, -0.15) is 4.99 Å². The second-order valence-electron chi connectivity index (χ2n) is 4.19. The third-order valence-corrected chi connectivity index (χ3v) is 3.01. The Bertz CT molecular complexity index is 653. The first-order valence-electron chi connectivity index (χ1n) is 6.11. The van der Waals surface area contributed by atoms with Gasteiger partial charge in [0.1, 0.15) is 0 Å². The molecule has 2 aromatic rings. The number of carbonyl (C=O) groups excluding carboxylic acids is 2. The van der Waals surface area contributed by atoms with Crippen LogP contribution in [0.2, 0.25) is 0 Å². The Labute approximate surface area is 116 Å². The molecule has 4 nitrogen and oxygen atoms in total. The fourth-order valence-electron chi connectivity index (χ4n) is 2.05. The SMILES string of the molecule is O=C=NCC(c1ccccc1)c1ccc(N=C=O)cc1. The van der Waals surface area contributed by atoms with Gasteiger partial charge in [-0.3, -0.25) is 0 Å². The summed E-state index contributed by atoms with van der Waals surface area (Å²) in [4.78, 5) is 27.8. The lowest BCUT2D eigenvalue weighted by Crippen LogP contribution is -2.04. The van der Waals surface area contributed by atoms with Crippen molar-refractivity contribution in [3.05, 3.63) is 65.7 Å². The average molecular weight is 264 g/mol. The Morgan fingerprint density at radius 2 is 1.50 bits per heavy atom. The molecule has 0 aliphatic carbocycles. The zero-order chi connectivity index (χ0) is 14.2. The first-order chi connectivity index (χ1) is 9.85. The van der Waals surface area contributed by atoms with E-state index in [1.54, 1.807) is 18.2 Å². The van der Waals surface area contributed by atoms with Gasteiger partial charge in [0, 0.05) is 5.92 Å². The summed E-state index contributed by atoms with van der Waals surface area (Å²) in [7, 11) is 0. The van der Waals surface area contributed by atoms with Crippen LogP contribution in [0.15, 0.2) is 64.6 Å². The smallest absolute Gasteiger partial charge is 0.211 e. The topological polar surface area (TPSA) is 58.9 Å². The Morgan fingerprint density at radius 3 is 2.10 bits per heavy atom. The van der Waals surface area contributed by atoms with Gasteiger partial charge in [0.15, 0.2) is 0 Å². The van der Waals surface area contributed by atoms with Gasteiger partial charge in [-0.1, -0.05) is 42.5 Å². The van der Waals surface area contributed by atoms with Gasteiger partial charge >= 0.3 is 0 Å². The minimum absolute atomic E-state index is 0.0214. The van der Waals surface area contributed by atoms with Crippen molar-refractivity contribution in [1.29, 1.82) is 0 Å². The monoisotopic (exact) mass is 264 g/mol. The van der Waals surface area contributed by atoms with E-state index < -0.39 is 0 Å². The third kappa shape index (κ3) is 3.36. The highest BCUT2D eigenvalue weighted by molar-refractivity contribution is 5.50. The van der Waals surface area contributed by atoms with Crippen LogP contribution < -0.4 is 0 Å². The molecule has 2 rings (SSSR count). The summed E-state index contributed by atoms with van der Waals surface area (Å²) in [5, 5.41) is 0. The van der Waals surface area contributed by atoms with Crippen molar-refractivity contribution >= 4 is 17.8 Å². The van der Waals surface area contributed by atoms with Crippen molar-refractivity contribution < 1.29 is 9.59 Å². The molecule has 0 aliphatic rings. The lowest BCUT2D eigenvalue weighted by Gasteiger charge is -2.15. The van der Waals surface area contributed by atoms with E-state index in [1.165, 1.54) is 6.08 Å². The Hall–Kier alpha value is -2.80. The first-order valence-corrected chi connectivity index (χ1v) is 6.11. The lowest BCUT2D eigenvalue weighted by atomic mass is 9.91. The van der Waals surface area contributed by atoms with Gasteiger partial charge in [-0.05, 0) is 23.3 Å². The maximum absolute atomic E-state index is 10.4. The Morgan fingerprint density at radius 1 is 0.850 bits per heavy atom. The Balaban J connectivity index is 2.35. The summed E-state index contributed by atoms with van der Waals surface area (Å²) < 4.78 is 0. The van der Waals surface area contributed by atoms with Crippen LogP contribution in [0.4, 0.5) is 5.69 Å². The molecule has 0 N–H and O–H groups in total. The molecule has 0 aromatic heterocycles. The molecule has 0 bridgehead atoms. The van der Waals surface area contributed by atoms with Crippen LogP contribution in [-0.4, -0.2) is 18.7 Å². The van der Waals surface area contributed by atoms with E-state index in [1.807, 2.05) is 42.5 Å². The molecule has 0 spiro atoms. The van der Waals surface area contributed by atoms with E-state index in [9.17, 15) is 9.59 Å². The molecule has 4 heteroatoms. The van der Waals surface area contributed by atoms with Crippen molar-refractivity contribution in [2.75, 3.05) is 6.54 Å². The maximum Gasteiger partial charge on any atom is 0.240 e. The number of isocyanates is 2. The first kappa shape index (κ1) is 13.6. The molecule has 0 saturated carbocycles. The predicted molar refractivity (Wildman–Crippen MR) is 75.5 cm³/mol. The number of hydrogen-bond acceptors (Lipinski definition) is 4. The highest BCUT2D eigenvalue weighted by atomic mass is 16.1. The molecule has 0 heterocycles. The molecule has 0 radical (unpaired) electrons. The van der Waals surface area contributed by atoms with Crippen LogP contribution in [0.1, 0.15) is 17.0 Å². The second-order valence-corrected chi connectivity index (χ2v) is 4.19. The van der Waals surface area contributed by atoms with E-state index in [4.69, 9.17) is 0 Å². The van der Waals surface area contributed by atoms with Crippen LogP contribution in [0.5, 0.6) is 0 Å². The fourth-order valence-corrected chi connectivity index (χ4v) is 2.05. The molecule has 0 aliphatic heterocycles. The number of benzene rings is 2. The molecule has 2 aromatic carbocycles. The van der Waals surface area contributed by atoms with Crippen molar-refractivity contribution in [3.63, 3.8) is 0 Å². The molecule has 1 unspecified atom stereocenters. The summed E-state index contributed by atoms with van der Waals surface area (Å²) >= 11 is 0. The highest BCUT2D eigenvalue weighted by Gasteiger charge is 2.13. The van der Waals surface area contributed by atoms with Crippen LogP contribution >= 0.6 is 0 Å². The molecule has 0 saturated heterocycles. The normalized spacial score (nSPS) is 11.0. The second kappa shape index (κ2) is 6.95. The van der Waals surface area contributed by atoms with Crippen LogP contribution in [-0.2, 0) is 9.59 Å². The summed E-state index contributed by atoms with van der Waals surface area (Å²) in [5.41, 5.74) is 2.62. The van der Waals surface area contributed by atoms with E-state index >= 15 is 0 Å². The molecule has 0 fully saturated rings. The minimum atomic E-state index is -0.0214. The average Bonchev–Trinajstić information content (AvgIpc) is 2.51. The maximum atomic E-state index is 10.4. The number of nitrogens with zero attached hydrogens (tertiary/aromatic N) is 2. The van der Waals surface area contributed by atoms with Crippen molar-refractivity contribution in [2.24, 2.45) is 9.98 Å². The molecule has 1 atom stereocenters. The Kier molecular flexibility index (Phi) is 4.74. The van der Waals surface area contributed by atoms with E-state index in [0.717, 1.165) is 11.1 Å². The van der Waals surface area contributed by atoms with Gasteiger partial charge in [0.25, 0.3) is 0 Å². The summed E-state index contributed by atoms with van der Waals surface area (Å²) in [6, 6.07) is 17.0. The molecule has 98 valence electrons. The largest absolute Gasteiger partial charge is 0.240 e. The van der Waals surface area contributed by atoms with Gasteiger partial charge in [0.05, 0.1) is 12.2 Å². The van der Waals surface area contributed by atoms with Crippen molar-refractivity contribution in [2.45, 2.75) is 5.92 Å². The van der Waals surface area contributed by atoms with Gasteiger partial charge in [-0.25, -0.2) is 14.6 Å². The summed E-state index contributed by atoms with van der Waals surface area (Å²) in [6.45, 7) is 0.337. The molecule has 0 amide bonds. The van der Waals surface area contributed by atoms with E-state index in [0.29, 0.717) is 12.2 Å². The lowest BCUT2D eigenvalue weighted by molar-refractivity contribution is 0.562. The van der Waals surface area contributed by atoms with Crippen LogP contribution in [0.25, 0.3) is 0 Å². The molecular weight excluding hydrogens is 252 g/mol. The van der Waals surface area contributed by atoms with Crippen molar-refractivity contribution in [3.8, 4) is 0 Å². The van der Waals surface area contributed by atoms with Crippen molar-refractivity contribution in [1.82, 2.24) is 0 Å². The number of aliphatic imine (C=N–C) groups is 2. The van der Waals surface area contributed by atoms with Crippen LogP contribution in [0.3, 0.4) is 0 Å². The fraction of sp³-hybridized carbons (Fsp3) is 0.125. The van der Waals surface area contributed by atoms with Gasteiger partial charge in [-0.15, -0.1) is 0 Å². The predicted octanol–water partition coefficient (Wildman–Crippen LogP) is 3.12. The van der Waals surface area contributed by atoms with Gasteiger partial charge < -0.3 is 0 Å². The van der Waals surface area contributed by atoms with Gasteiger partial charge in [0.2, 0.25) is 12.2 Å². The zero-order valence-electron chi connectivity index (χ0n) is 10.7. The molecular formula is C16H12N2O2. The molecule has 20 heavy (non-hydrogen) atoms. The number of rotatable bonds is 5. The minimum Gasteiger partial charge on any atom is -0.211 e. The standard InChI is InChI=1S/C16H12N2O2/c19-11-17-10-16(13-4-2-1-3-5-13)14-6-8-15(9-7-14)18-12-20/h1-9,16H,10H2. The highest BCUT2D eigenvalue weighted by Crippen LogP contribution is 2.26. The van der Waals surface area contributed by atoms with E-state index in [-0.39, 0.29) is 5.92 Å². The zero-order valence-corrected chi connectivity index (χ0v) is 10.7. The third-order valence-electron chi connectivity index (χ3n) is 3.01. The van der Waals surface area contributed by atoms with Crippen LogP contribution in [0, 0.1) is 0 Å². The summed E-state index contributed by atoms with van der Waals surface area (Å²) in [5.74, 6) is -0.0214. The quantitative estimate of drug-likeness (QED) is 0.615. The number of hydrogen-bond donors (Lipinski definition) is 0.